The van der Waals surface area contributed by atoms with Crippen LogP contribution in [0.3, 0.4) is 0 Å². The topological polar surface area (TPSA) is 42.2 Å². The fourth-order valence-electron chi connectivity index (χ4n) is 1.64. The van der Waals surface area contributed by atoms with E-state index >= 15 is 0 Å². The standard InChI is InChI=1S/C13H14FN3/c1-17(13-4-2-12(15)3-5-13)9-10-6-11(14)8-16-7-10/h2-8H,9,15H2,1H3. The average Bonchev–Trinajstić information content (AvgIpc) is 2.29. The van der Waals surface area contributed by atoms with Crippen molar-refractivity contribution >= 4 is 11.4 Å². The molecule has 0 fully saturated rings. The summed E-state index contributed by atoms with van der Waals surface area (Å²) >= 11 is 0. The zero-order chi connectivity index (χ0) is 12.3. The summed E-state index contributed by atoms with van der Waals surface area (Å²) in [6, 6.07) is 9.04. The Morgan fingerprint density at radius 1 is 1.24 bits per heavy atom. The van der Waals surface area contributed by atoms with Crippen LogP contribution in [0.15, 0.2) is 42.7 Å². The lowest BCUT2D eigenvalue weighted by Gasteiger charge is -2.19. The van der Waals surface area contributed by atoms with Gasteiger partial charge in [-0.2, -0.15) is 0 Å². The number of hydrogen-bond donors (Lipinski definition) is 1. The van der Waals surface area contributed by atoms with Gasteiger partial charge in [-0.05, 0) is 35.9 Å². The van der Waals surface area contributed by atoms with Crippen LogP contribution in [0.1, 0.15) is 5.56 Å². The molecule has 0 aliphatic rings. The van der Waals surface area contributed by atoms with E-state index < -0.39 is 0 Å². The molecular weight excluding hydrogens is 217 g/mol. The molecule has 0 aliphatic heterocycles. The van der Waals surface area contributed by atoms with E-state index in [9.17, 15) is 4.39 Å². The lowest BCUT2D eigenvalue weighted by atomic mass is 10.2. The minimum absolute atomic E-state index is 0.312. The highest BCUT2D eigenvalue weighted by Crippen LogP contribution is 2.17. The quantitative estimate of drug-likeness (QED) is 0.825. The van der Waals surface area contributed by atoms with Crippen molar-refractivity contribution in [2.75, 3.05) is 17.7 Å². The maximum atomic E-state index is 13.0. The number of nitrogens with two attached hydrogens (primary N) is 1. The molecule has 0 unspecified atom stereocenters. The summed E-state index contributed by atoms with van der Waals surface area (Å²) in [7, 11) is 1.94. The van der Waals surface area contributed by atoms with Crippen LogP contribution in [0.25, 0.3) is 0 Å². The van der Waals surface area contributed by atoms with Crippen LogP contribution in [0.2, 0.25) is 0 Å². The highest BCUT2D eigenvalue weighted by Gasteiger charge is 2.03. The molecule has 2 rings (SSSR count). The van der Waals surface area contributed by atoms with Gasteiger partial charge in [-0.15, -0.1) is 0 Å². The van der Waals surface area contributed by atoms with E-state index in [1.165, 1.54) is 12.3 Å². The summed E-state index contributed by atoms with van der Waals surface area (Å²) in [5.41, 5.74) is 8.22. The Bertz CT molecular complexity index is 496. The minimum atomic E-state index is -0.312. The lowest BCUT2D eigenvalue weighted by Crippen LogP contribution is -2.16. The molecule has 0 saturated carbocycles. The van der Waals surface area contributed by atoms with Gasteiger partial charge in [-0.25, -0.2) is 4.39 Å². The molecule has 2 aromatic rings. The molecule has 1 heterocycles. The van der Waals surface area contributed by atoms with E-state index in [0.29, 0.717) is 6.54 Å². The molecule has 0 atom stereocenters. The Morgan fingerprint density at radius 2 is 1.94 bits per heavy atom. The maximum Gasteiger partial charge on any atom is 0.141 e. The van der Waals surface area contributed by atoms with Crippen molar-refractivity contribution in [1.29, 1.82) is 0 Å². The first-order chi connectivity index (χ1) is 8.15. The van der Waals surface area contributed by atoms with Gasteiger partial charge in [-0.3, -0.25) is 4.98 Å². The molecule has 0 amide bonds. The Kier molecular flexibility index (Phi) is 3.23. The Hall–Kier alpha value is -2.10. The number of halogens is 1. The zero-order valence-electron chi connectivity index (χ0n) is 9.60. The van der Waals surface area contributed by atoms with E-state index in [4.69, 9.17) is 5.73 Å². The number of hydrogen-bond acceptors (Lipinski definition) is 3. The highest BCUT2D eigenvalue weighted by atomic mass is 19.1. The van der Waals surface area contributed by atoms with Crippen LogP contribution in [0.5, 0.6) is 0 Å². The largest absolute Gasteiger partial charge is 0.399 e. The predicted octanol–water partition coefficient (Wildman–Crippen LogP) is 2.44. The van der Waals surface area contributed by atoms with E-state index in [1.54, 1.807) is 6.20 Å². The second-order valence-corrected chi connectivity index (χ2v) is 3.96. The molecule has 17 heavy (non-hydrogen) atoms. The third-order valence-electron chi connectivity index (χ3n) is 2.52. The van der Waals surface area contributed by atoms with Crippen molar-refractivity contribution in [3.63, 3.8) is 0 Å². The van der Waals surface area contributed by atoms with E-state index in [2.05, 4.69) is 4.98 Å². The number of nitrogen functional groups attached to an aromatic ring is 1. The second-order valence-electron chi connectivity index (χ2n) is 3.96. The maximum absolute atomic E-state index is 13.0. The molecule has 1 aromatic heterocycles. The van der Waals surface area contributed by atoms with Crippen molar-refractivity contribution in [1.82, 2.24) is 4.98 Å². The van der Waals surface area contributed by atoms with Crippen molar-refractivity contribution in [2.24, 2.45) is 0 Å². The highest BCUT2D eigenvalue weighted by molar-refractivity contribution is 5.52. The van der Waals surface area contributed by atoms with E-state index in [0.717, 1.165) is 16.9 Å². The van der Waals surface area contributed by atoms with Gasteiger partial charge in [0.05, 0.1) is 6.20 Å². The monoisotopic (exact) mass is 231 g/mol. The fourth-order valence-corrected chi connectivity index (χ4v) is 1.64. The summed E-state index contributed by atoms with van der Waals surface area (Å²) in [6.45, 7) is 0.606. The number of nitrogens with zero attached hydrogens (tertiary/aromatic N) is 2. The number of pyridine rings is 1. The third kappa shape index (κ3) is 2.93. The van der Waals surface area contributed by atoms with E-state index in [1.807, 2.05) is 36.2 Å². The third-order valence-corrected chi connectivity index (χ3v) is 2.52. The minimum Gasteiger partial charge on any atom is -0.399 e. The summed E-state index contributed by atoms with van der Waals surface area (Å²) < 4.78 is 13.0. The van der Waals surface area contributed by atoms with Gasteiger partial charge in [0.25, 0.3) is 0 Å². The van der Waals surface area contributed by atoms with E-state index in [-0.39, 0.29) is 5.82 Å². The fraction of sp³-hybridized carbons (Fsp3) is 0.154. The summed E-state index contributed by atoms with van der Waals surface area (Å²) in [6.07, 6.45) is 2.86. The van der Waals surface area contributed by atoms with Crippen LogP contribution in [0.4, 0.5) is 15.8 Å². The van der Waals surface area contributed by atoms with Crippen LogP contribution in [-0.2, 0) is 6.54 Å². The van der Waals surface area contributed by atoms with Crippen molar-refractivity contribution in [2.45, 2.75) is 6.54 Å². The van der Waals surface area contributed by atoms with Crippen LogP contribution >= 0.6 is 0 Å². The molecule has 3 nitrogen and oxygen atoms in total. The van der Waals surface area contributed by atoms with Gasteiger partial charge in [0.15, 0.2) is 0 Å². The first kappa shape index (κ1) is 11.4. The van der Waals surface area contributed by atoms with Gasteiger partial charge < -0.3 is 10.6 Å². The molecule has 0 saturated heterocycles. The zero-order valence-corrected chi connectivity index (χ0v) is 9.60. The Balaban J connectivity index is 2.11. The summed E-state index contributed by atoms with van der Waals surface area (Å²) in [5.74, 6) is -0.312. The molecular formula is C13H14FN3. The molecule has 0 spiro atoms. The number of anilines is 2. The second kappa shape index (κ2) is 4.82. The summed E-state index contributed by atoms with van der Waals surface area (Å²) in [5, 5.41) is 0. The molecule has 88 valence electrons. The normalized spacial score (nSPS) is 10.2. The van der Waals surface area contributed by atoms with Gasteiger partial charge in [0.1, 0.15) is 5.82 Å². The van der Waals surface area contributed by atoms with Crippen LogP contribution in [0, 0.1) is 5.82 Å². The molecule has 2 N–H and O–H groups in total. The van der Waals surface area contributed by atoms with Crippen molar-refractivity contribution in [3.05, 3.63) is 54.1 Å². The first-order valence-electron chi connectivity index (χ1n) is 5.31. The predicted molar refractivity (Wildman–Crippen MR) is 67.2 cm³/mol. The van der Waals surface area contributed by atoms with Gasteiger partial charge >= 0.3 is 0 Å². The van der Waals surface area contributed by atoms with Gasteiger partial charge in [0, 0.05) is 31.2 Å². The SMILES string of the molecule is CN(Cc1cncc(F)c1)c1ccc(N)cc1. The molecule has 1 aromatic carbocycles. The van der Waals surface area contributed by atoms with Gasteiger partial charge in [-0.1, -0.05) is 0 Å². The van der Waals surface area contributed by atoms with Crippen molar-refractivity contribution < 1.29 is 4.39 Å². The first-order valence-corrected chi connectivity index (χ1v) is 5.31. The van der Waals surface area contributed by atoms with Crippen LogP contribution in [-0.4, -0.2) is 12.0 Å². The number of rotatable bonds is 3. The molecule has 0 bridgehead atoms. The van der Waals surface area contributed by atoms with Crippen molar-refractivity contribution in [3.8, 4) is 0 Å². The average molecular weight is 231 g/mol. The smallest absolute Gasteiger partial charge is 0.141 e. The molecule has 4 heteroatoms. The molecule has 0 aliphatic carbocycles. The summed E-state index contributed by atoms with van der Waals surface area (Å²) in [4.78, 5) is 5.83. The lowest BCUT2D eigenvalue weighted by molar-refractivity contribution is 0.618. The Labute approximate surface area is 99.7 Å². The number of aromatic nitrogens is 1. The van der Waals surface area contributed by atoms with Gasteiger partial charge in [0.2, 0.25) is 0 Å². The Morgan fingerprint density at radius 3 is 2.59 bits per heavy atom. The molecule has 0 radical (unpaired) electrons. The number of benzene rings is 1. The van der Waals surface area contributed by atoms with Crippen LogP contribution < -0.4 is 10.6 Å².